The van der Waals surface area contributed by atoms with Gasteiger partial charge in [0, 0.05) is 11.1 Å². The maximum Gasteiger partial charge on any atom is 0.150 e. The number of benzene rings is 2. The Morgan fingerprint density at radius 1 is 1.17 bits per heavy atom. The number of fused-ring (bicyclic) bond motifs is 1. The van der Waals surface area contributed by atoms with Gasteiger partial charge in [-0.15, -0.1) is 0 Å². The first-order valence-corrected chi connectivity index (χ1v) is 8.48. The van der Waals surface area contributed by atoms with Gasteiger partial charge in [0.1, 0.15) is 18.7 Å². The zero-order chi connectivity index (χ0) is 16.2. The standard InChI is InChI=1S/C20H23FO2/c1-2-14-3-7-17(8-4-14)23-20-10-6-16-11-15(13-22)5-9-18(16)19(20)12-21/h5-6,9-11,13-14,17H,2-4,7-8,12H2,1H3/t14-,17+. The van der Waals surface area contributed by atoms with Crippen LogP contribution in [0.3, 0.4) is 0 Å². The van der Waals surface area contributed by atoms with E-state index in [-0.39, 0.29) is 6.10 Å². The van der Waals surface area contributed by atoms with Gasteiger partial charge in [-0.05, 0) is 54.5 Å². The highest BCUT2D eigenvalue weighted by molar-refractivity contribution is 5.92. The van der Waals surface area contributed by atoms with Gasteiger partial charge >= 0.3 is 0 Å². The largest absolute Gasteiger partial charge is 0.490 e. The quantitative estimate of drug-likeness (QED) is 0.684. The SMILES string of the molecule is CC[C@H]1CC[C@@H](Oc2ccc3cc(C=O)ccc3c2CF)CC1. The zero-order valence-corrected chi connectivity index (χ0v) is 13.6. The number of hydrogen-bond acceptors (Lipinski definition) is 2. The third kappa shape index (κ3) is 3.39. The maximum absolute atomic E-state index is 13.6. The molecule has 0 bridgehead atoms. The van der Waals surface area contributed by atoms with Crippen LogP contribution in [-0.2, 0) is 6.67 Å². The molecule has 1 fully saturated rings. The normalized spacial score (nSPS) is 21.3. The van der Waals surface area contributed by atoms with Gasteiger partial charge in [0.05, 0.1) is 6.10 Å². The fourth-order valence-corrected chi connectivity index (χ4v) is 3.55. The molecular weight excluding hydrogens is 291 g/mol. The van der Waals surface area contributed by atoms with Crippen molar-refractivity contribution in [2.75, 3.05) is 0 Å². The van der Waals surface area contributed by atoms with E-state index in [1.165, 1.54) is 19.3 Å². The van der Waals surface area contributed by atoms with Crippen LogP contribution >= 0.6 is 0 Å². The molecule has 1 saturated carbocycles. The summed E-state index contributed by atoms with van der Waals surface area (Å²) in [4.78, 5) is 10.9. The van der Waals surface area contributed by atoms with Crippen LogP contribution in [0, 0.1) is 5.92 Å². The molecule has 1 aliphatic carbocycles. The molecule has 0 N–H and O–H groups in total. The highest BCUT2D eigenvalue weighted by Gasteiger charge is 2.22. The van der Waals surface area contributed by atoms with Gasteiger partial charge in [-0.25, -0.2) is 4.39 Å². The van der Waals surface area contributed by atoms with Gasteiger partial charge in [0.2, 0.25) is 0 Å². The van der Waals surface area contributed by atoms with Crippen molar-refractivity contribution in [1.29, 1.82) is 0 Å². The van der Waals surface area contributed by atoms with Crippen molar-refractivity contribution in [3.05, 3.63) is 41.5 Å². The molecule has 1 aliphatic rings. The number of ether oxygens (including phenoxy) is 1. The van der Waals surface area contributed by atoms with Gasteiger partial charge in [-0.1, -0.05) is 31.5 Å². The van der Waals surface area contributed by atoms with Crippen LogP contribution in [0.5, 0.6) is 5.75 Å². The summed E-state index contributed by atoms with van der Waals surface area (Å²) in [6.07, 6.45) is 6.72. The average Bonchev–Trinajstić information content (AvgIpc) is 2.61. The van der Waals surface area contributed by atoms with Gasteiger partial charge in [-0.3, -0.25) is 4.79 Å². The lowest BCUT2D eigenvalue weighted by Crippen LogP contribution is -2.24. The molecule has 3 rings (SSSR count). The predicted octanol–water partition coefficient (Wildman–Crippen LogP) is 5.47. The van der Waals surface area contributed by atoms with Crippen LogP contribution in [0.4, 0.5) is 4.39 Å². The van der Waals surface area contributed by atoms with Gasteiger partial charge < -0.3 is 4.74 Å². The Kier molecular flexibility index (Phi) is 4.94. The molecule has 0 saturated heterocycles. The minimum atomic E-state index is -0.558. The Hall–Kier alpha value is -1.90. The van der Waals surface area contributed by atoms with E-state index < -0.39 is 6.67 Å². The number of alkyl halides is 1. The number of carbonyl (C=O) groups excluding carboxylic acids is 1. The van der Waals surface area contributed by atoms with Gasteiger partial charge in [-0.2, -0.15) is 0 Å². The summed E-state index contributed by atoms with van der Waals surface area (Å²) in [6.45, 7) is 1.68. The second-order valence-electron chi connectivity index (χ2n) is 6.44. The predicted molar refractivity (Wildman–Crippen MR) is 90.8 cm³/mol. The summed E-state index contributed by atoms with van der Waals surface area (Å²) in [5.41, 5.74) is 1.20. The van der Waals surface area contributed by atoms with E-state index in [9.17, 15) is 9.18 Å². The summed E-state index contributed by atoms with van der Waals surface area (Å²) in [6, 6.07) is 9.09. The molecular formula is C20H23FO2. The second-order valence-corrected chi connectivity index (χ2v) is 6.44. The molecule has 0 atom stereocenters. The lowest BCUT2D eigenvalue weighted by atomic mass is 9.86. The molecule has 0 heterocycles. The van der Waals surface area contributed by atoms with E-state index >= 15 is 0 Å². The van der Waals surface area contributed by atoms with Crippen molar-refractivity contribution in [2.45, 2.75) is 51.8 Å². The summed E-state index contributed by atoms with van der Waals surface area (Å²) in [5.74, 6) is 1.47. The first-order chi connectivity index (χ1) is 11.2. The minimum absolute atomic E-state index is 0.190. The Morgan fingerprint density at radius 3 is 2.61 bits per heavy atom. The first kappa shape index (κ1) is 16.0. The smallest absolute Gasteiger partial charge is 0.150 e. The number of rotatable bonds is 5. The third-order valence-electron chi connectivity index (χ3n) is 5.05. The Labute approximate surface area is 136 Å². The van der Waals surface area contributed by atoms with Gasteiger partial charge in [0.15, 0.2) is 0 Å². The molecule has 0 spiro atoms. The van der Waals surface area contributed by atoms with Crippen molar-refractivity contribution >= 4 is 17.1 Å². The van der Waals surface area contributed by atoms with Crippen LogP contribution in [0.25, 0.3) is 10.8 Å². The van der Waals surface area contributed by atoms with E-state index in [1.807, 2.05) is 18.2 Å². The molecule has 122 valence electrons. The number of halogens is 1. The molecule has 0 aromatic heterocycles. The summed E-state index contributed by atoms with van der Waals surface area (Å²) in [5, 5.41) is 1.71. The van der Waals surface area contributed by atoms with Crippen LogP contribution < -0.4 is 4.74 Å². The molecule has 23 heavy (non-hydrogen) atoms. The van der Waals surface area contributed by atoms with Crippen LogP contribution in [0.15, 0.2) is 30.3 Å². The monoisotopic (exact) mass is 314 g/mol. The van der Waals surface area contributed by atoms with Crippen LogP contribution in [-0.4, -0.2) is 12.4 Å². The van der Waals surface area contributed by atoms with Crippen molar-refractivity contribution in [3.8, 4) is 5.75 Å². The molecule has 0 amide bonds. The Bertz CT molecular complexity index is 687. The van der Waals surface area contributed by atoms with Crippen molar-refractivity contribution < 1.29 is 13.9 Å². The fourth-order valence-electron chi connectivity index (χ4n) is 3.55. The maximum atomic E-state index is 13.6. The summed E-state index contributed by atoms with van der Waals surface area (Å²) in [7, 11) is 0. The molecule has 0 aliphatic heterocycles. The minimum Gasteiger partial charge on any atom is -0.490 e. The fraction of sp³-hybridized carbons (Fsp3) is 0.450. The second kappa shape index (κ2) is 7.12. The van der Waals surface area contributed by atoms with Crippen molar-refractivity contribution in [2.24, 2.45) is 5.92 Å². The van der Waals surface area contributed by atoms with E-state index in [0.29, 0.717) is 16.9 Å². The van der Waals surface area contributed by atoms with Crippen LogP contribution in [0.1, 0.15) is 54.9 Å². The molecule has 2 nitrogen and oxygen atoms in total. The van der Waals surface area contributed by atoms with Gasteiger partial charge in [0.25, 0.3) is 0 Å². The highest BCUT2D eigenvalue weighted by atomic mass is 19.1. The van der Waals surface area contributed by atoms with E-state index in [4.69, 9.17) is 4.74 Å². The van der Waals surface area contributed by atoms with Crippen molar-refractivity contribution in [1.82, 2.24) is 0 Å². The number of carbonyl (C=O) groups is 1. The van der Waals surface area contributed by atoms with E-state index in [1.54, 1.807) is 12.1 Å². The molecule has 0 radical (unpaired) electrons. The topological polar surface area (TPSA) is 26.3 Å². The lowest BCUT2D eigenvalue weighted by Gasteiger charge is -2.29. The van der Waals surface area contributed by atoms with Crippen molar-refractivity contribution in [3.63, 3.8) is 0 Å². The number of hydrogen-bond donors (Lipinski definition) is 0. The summed E-state index contributed by atoms with van der Waals surface area (Å²) >= 11 is 0. The Balaban J connectivity index is 1.85. The zero-order valence-electron chi connectivity index (χ0n) is 13.6. The number of aldehydes is 1. The lowest BCUT2D eigenvalue weighted by molar-refractivity contribution is 0.112. The highest BCUT2D eigenvalue weighted by Crippen LogP contribution is 2.34. The molecule has 2 aromatic carbocycles. The third-order valence-corrected chi connectivity index (χ3v) is 5.05. The molecule has 0 unspecified atom stereocenters. The molecule has 2 aromatic rings. The Morgan fingerprint density at radius 2 is 1.96 bits per heavy atom. The van der Waals surface area contributed by atoms with E-state index in [2.05, 4.69) is 6.92 Å². The average molecular weight is 314 g/mol. The van der Waals surface area contributed by atoms with E-state index in [0.717, 1.165) is 35.8 Å². The first-order valence-electron chi connectivity index (χ1n) is 8.48. The summed E-state index contributed by atoms with van der Waals surface area (Å²) < 4.78 is 19.7. The molecule has 3 heteroatoms. The van der Waals surface area contributed by atoms with Crippen LogP contribution in [0.2, 0.25) is 0 Å².